The van der Waals surface area contributed by atoms with Crippen molar-refractivity contribution in [3.05, 3.63) is 126 Å². The van der Waals surface area contributed by atoms with Crippen molar-refractivity contribution in [3.63, 3.8) is 0 Å². The molecule has 0 heterocycles. The van der Waals surface area contributed by atoms with Gasteiger partial charge in [-0.05, 0) is 79.3 Å². The summed E-state index contributed by atoms with van der Waals surface area (Å²) in [6.07, 6.45) is 3.76. The van der Waals surface area contributed by atoms with E-state index in [1.54, 1.807) is 48.5 Å². The molecule has 1 N–H and O–H groups in total. The maximum absolute atomic E-state index is 14.5. The minimum atomic E-state index is -4.19. The summed E-state index contributed by atoms with van der Waals surface area (Å²) in [4.78, 5) is 30.6. The lowest BCUT2D eigenvalue weighted by Gasteiger charge is -2.34. The number of sulfonamides is 1. The molecule has 0 spiro atoms. The van der Waals surface area contributed by atoms with Crippen LogP contribution in [0.4, 0.5) is 10.1 Å². The predicted molar refractivity (Wildman–Crippen MR) is 183 cm³/mol. The van der Waals surface area contributed by atoms with E-state index in [9.17, 15) is 22.4 Å². The molecule has 4 aromatic carbocycles. The van der Waals surface area contributed by atoms with Gasteiger partial charge in [-0.2, -0.15) is 0 Å². The largest absolute Gasteiger partial charge is 0.354 e. The molecule has 4 aromatic rings. The van der Waals surface area contributed by atoms with E-state index in [0.29, 0.717) is 17.8 Å². The van der Waals surface area contributed by atoms with Gasteiger partial charge in [0.15, 0.2) is 0 Å². The Balaban J connectivity index is 1.78. The number of unbranched alkanes of at least 4 members (excludes halogenated alkanes) is 1. The Morgan fingerprint density at radius 2 is 1.52 bits per heavy atom. The smallest absolute Gasteiger partial charge is 0.264 e. The van der Waals surface area contributed by atoms with Crippen LogP contribution in [-0.4, -0.2) is 50.5 Å². The first kappa shape index (κ1) is 34.7. The average molecular weight is 662 g/mol. The Hall–Kier alpha value is -4.15. The van der Waals surface area contributed by atoms with Crippen LogP contribution in [0.3, 0.4) is 0 Å². The van der Waals surface area contributed by atoms with E-state index in [4.69, 9.17) is 0 Å². The summed E-state index contributed by atoms with van der Waals surface area (Å²) < 4.78 is 43.3. The van der Waals surface area contributed by atoms with Crippen molar-refractivity contribution >= 4 is 39.3 Å². The number of nitrogens with zero attached hydrogens (tertiary/aromatic N) is 2. The Morgan fingerprint density at radius 3 is 2.13 bits per heavy atom. The van der Waals surface area contributed by atoms with Gasteiger partial charge in [-0.25, -0.2) is 12.8 Å². The van der Waals surface area contributed by atoms with Crippen LogP contribution in [0.15, 0.2) is 113 Å². The van der Waals surface area contributed by atoms with Crippen LogP contribution < -0.4 is 9.62 Å². The highest BCUT2D eigenvalue weighted by molar-refractivity contribution is 7.98. The fraction of sp³-hybridized carbons (Fsp3) is 0.278. The standard InChI is InChI=1S/C36H40FN3O4S2/c1-4-5-23-38-36(42)34(24-28-9-7-6-8-10-28)39(25-29-13-15-30(37)16-14-29)35(41)26-40(31-17-11-27(2)12-18-31)46(43,44)33-21-19-32(45-3)20-22-33/h6-22,34H,4-5,23-26H2,1-3H3,(H,38,42). The van der Waals surface area contributed by atoms with E-state index in [-0.39, 0.29) is 23.8 Å². The lowest BCUT2D eigenvalue weighted by molar-refractivity contribution is -0.140. The molecule has 242 valence electrons. The molecular formula is C36H40FN3O4S2. The summed E-state index contributed by atoms with van der Waals surface area (Å²) in [5.41, 5.74) is 2.70. The molecule has 0 aromatic heterocycles. The molecule has 0 bridgehead atoms. The number of anilines is 1. The number of hydrogen-bond acceptors (Lipinski definition) is 5. The van der Waals surface area contributed by atoms with Crippen molar-refractivity contribution in [1.29, 1.82) is 0 Å². The number of carbonyl (C=O) groups is 2. The number of halogens is 1. The molecule has 0 saturated carbocycles. The molecule has 0 fully saturated rings. The third-order valence-electron chi connectivity index (χ3n) is 7.62. The van der Waals surface area contributed by atoms with Gasteiger partial charge in [-0.3, -0.25) is 13.9 Å². The number of nitrogens with one attached hydrogen (secondary N) is 1. The van der Waals surface area contributed by atoms with E-state index in [1.165, 1.54) is 40.9 Å². The van der Waals surface area contributed by atoms with E-state index in [1.807, 2.05) is 50.4 Å². The van der Waals surface area contributed by atoms with Crippen LogP contribution >= 0.6 is 11.8 Å². The van der Waals surface area contributed by atoms with Gasteiger partial charge in [0.1, 0.15) is 18.4 Å². The van der Waals surface area contributed by atoms with Gasteiger partial charge >= 0.3 is 0 Å². The lowest BCUT2D eigenvalue weighted by atomic mass is 10.0. The van der Waals surface area contributed by atoms with Crippen molar-refractivity contribution in [2.45, 2.75) is 55.5 Å². The lowest BCUT2D eigenvalue weighted by Crippen LogP contribution is -2.53. The first-order chi connectivity index (χ1) is 22.1. The topological polar surface area (TPSA) is 86.8 Å². The molecule has 2 amide bonds. The minimum Gasteiger partial charge on any atom is -0.354 e. The SMILES string of the molecule is CCCCNC(=O)C(Cc1ccccc1)N(Cc1ccc(F)cc1)C(=O)CN(c1ccc(C)cc1)S(=O)(=O)c1ccc(SC)cc1. The van der Waals surface area contributed by atoms with E-state index < -0.39 is 34.3 Å². The van der Waals surface area contributed by atoms with Crippen molar-refractivity contribution in [1.82, 2.24) is 10.2 Å². The molecule has 0 saturated heterocycles. The quantitative estimate of drug-likeness (QED) is 0.115. The predicted octanol–water partition coefficient (Wildman–Crippen LogP) is 6.61. The van der Waals surface area contributed by atoms with E-state index in [0.717, 1.165) is 33.2 Å². The summed E-state index contributed by atoms with van der Waals surface area (Å²) in [7, 11) is -4.19. The van der Waals surface area contributed by atoms with Crippen LogP contribution in [0.2, 0.25) is 0 Å². The van der Waals surface area contributed by atoms with Crippen LogP contribution in [-0.2, 0) is 32.6 Å². The zero-order valence-corrected chi connectivity index (χ0v) is 28.0. The summed E-state index contributed by atoms with van der Waals surface area (Å²) in [5.74, 6) is -1.34. The number of amides is 2. The molecule has 4 rings (SSSR count). The van der Waals surface area contributed by atoms with Crippen molar-refractivity contribution < 1.29 is 22.4 Å². The van der Waals surface area contributed by atoms with Crippen LogP contribution in [0, 0.1) is 12.7 Å². The first-order valence-electron chi connectivity index (χ1n) is 15.2. The Morgan fingerprint density at radius 1 is 0.870 bits per heavy atom. The molecule has 0 aliphatic heterocycles. The molecule has 1 atom stereocenters. The fourth-order valence-corrected chi connectivity index (χ4v) is 6.78. The second kappa shape index (κ2) is 16.4. The highest BCUT2D eigenvalue weighted by Gasteiger charge is 2.34. The van der Waals surface area contributed by atoms with Crippen LogP contribution in [0.5, 0.6) is 0 Å². The normalized spacial score (nSPS) is 11.9. The van der Waals surface area contributed by atoms with Gasteiger partial charge in [0.05, 0.1) is 10.6 Å². The zero-order valence-electron chi connectivity index (χ0n) is 26.4. The highest BCUT2D eigenvalue weighted by Crippen LogP contribution is 2.27. The second-order valence-electron chi connectivity index (χ2n) is 11.0. The number of aryl methyl sites for hydroxylation is 1. The summed E-state index contributed by atoms with van der Waals surface area (Å²) in [6.45, 7) is 3.78. The maximum Gasteiger partial charge on any atom is 0.264 e. The molecule has 46 heavy (non-hydrogen) atoms. The van der Waals surface area contributed by atoms with Gasteiger partial charge in [-0.1, -0.05) is 73.5 Å². The number of hydrogen-bond donors (Lipinski definition) is 1. The number of rotatable bonds is 15. The van der Waals surface area contributed by atoms with Crippen molar-refractivity contribution in [2.75, 3.05) is 23.7 Å². The second-order valence-corrected chi connectivity index (χ2v) is 13.8. The minimum absolute atomic E-state index is 0.0258. The fourth-order valence-electron chi connectivity index (χ4n) is 4.96. The monoisotopic (exact) mass is 661 g/mol. The number of benzene rings is 4. The number of carbonyl (C=O) groups excluding carboxylic acids is 2. The van der Waals surface area contributed by atoms with Gasteiger partial charge < -0.3 is 10.2 Å². The molecule has 0 aliphatic carbocycles. The Kier molecular flexibility index (Phi) is 12.4. The van der Waals surface area contributed by atoms with Gasteiger partial charge in [0, 0.05) is 24.4 Å². The van der Waals surface area contributed by atoms with Gasteiger partial charge in [-0.15, -0.1) is 11.8 Å². The van der Waals surface area contributed by atoms with Gasteiger partial charge in [0.25, 0.3) is 10.0 Å². The van der Waals surface area contributed by atoms with Crippen molar-refractivity contribution in [2.24, 2.45) is 0 Å². The maximum atomic E-state index is 14.5. The third-order valence-corrected chi connectivity index (χ3v) is 10.1. The van der Waals surface area contributed by atoms with E-state index in [2.05, 4.69) is 5.32 Å². The van der Waals surface area contributed by atoms with Crippen molar-refractivity contribution in [3.8, 4) is 0 Å². The molecule has 7 nitrogen and oxygen atoms in total. The molecule has 0 radical (unpaired) electrons. The molecular weight excluding hydrogens is 622 g/mol. The molecule has 1 unspecified atom stereocenters. The number of thioether (sulfide) groups is 1. The van der Waals surface area contributed by atoms with Gasteiger partial charge in [0.2, 0.25) is 11.8 Å². The summed E-state index contributed by atoms with van der Waals surface area (Å²) in [6, 6.07) is 27.5. The van der Waals surface area contributed by atoms with Crippen LogP contribution in [0.1, 0.15) is 36.5 Å². The highest BCUT2D eigenvalue weighted by atomic mass is 32.2. The first-order valence-corrected chi connectivity index (χ1v) is 17.9. The Bertz CT molecular complexity index is 1680. The third kappa shape index (κ3) is 9.20. The summed E-state index contributed by atoms with van der Waals surface area (Å²) >= 11 is 1.49. The Labute approximate surface area is 275 Å². The molecule has 0 aliphatic rings. The van der Waals surface area contributed by atoms with E-state index >= 15 is 0 Å². The van der Waals surface area contributed by atoms with Crippen LogP contribution in [0.25, 0.3) is 0 Å². The average Bonchev–Trinajstić information content (AvgIpc) is 3.07. The zero-order chi connectivity index (χ0) is 33.1. The molecule has 10 heteroatoms. The summed E-state index contributed by atoms with van der Waals surface area (Å²) in [5, 5.41) is 2.97.